The van der Waals surface area contributed by atoms with Gasteiger partial charge in [0.15, 0.2) is 0 Å². The zero-order chi connectivity index (χ0) is 7.40. The predicted octanol–water partition coefficient (Wildman–Crippen LogP) is 2.70. The fourth-order valence-electron chi connectivity index (χ4n) is 0.693. The summed E-state index contributed by atoms with van der Waals surface area (Å²) in [5, 5.41) is 8.50. The lowest BCUT2D eigenvalue weighted by Crippen LogP contribution is -1.73. The van der Waals surface area contributed by atoms with Gasteiger partial charge in [-0.3, -0.25) is 0 Å². The zero-order valence-corrected chi connectivity index (χ0v) is 7.71. The summed E-state index contributed by atoms with van der Waals surface area (Å²) in [4.78, 5) is 1.14. The third-order valence-corrected chi connectivity index (χ3v) is 1.92. The number of halogens is 1. The minimum Gasteiger partial charge on any atom is -0.192 e. The van der Waals surface area contributed by atoms with Gasteiger partial charge in [-0.1, -0.05) is 6.07 Å². The standard InChI is InChI=1S/C8H7NS.ClH/c1-10-8-4-2-3-7(5-8)6-9;/h2-5H,1H3;1H. The Hall–Kier alpha value is -0.650. The highest BCUT2D eigenvalue weighted by atomic mass is 35.5. The second-order valence-electron chi connectivity index (χ2n) is 1.84. The first-order valence-corrected chi connectivity index (χ1v) is 4.13. The van der Waals surface area contributed by atoms with E-state index < -0.39 is 0 Å². The minimum absolute atomic E-state index is 0. The summed E-state index contributed by atoms with van der Waals surface area (Å²) in [5.41, 5.74) is 0.729. The van der Waals surface area contributed by atoms with Gasteiger partial charge in [0.05, 0.1) is 11.6 Å². The van der Waals surface area contributed by atoms with Gasteiger partial charge < -0.3 is 0 Å². The molecular weight excluding hydrogens is 178 g/mol. The van der Waals surface area contributed by atoms with Gasteiger partial charge in [-0.05, 0) is 24.5 Å². The van der Waals surface area contributed by atoms with Crippen LogP contribution in [0.4, 0.5) is 0 Å². The van der Waals surface area contributed by atoms with Gasteiger partial charge in [0.1, 0.15) is 0 Å². The lowest BCUT2D eigenvalue weighted by Gasteiger charge is -1.93. The summed E-state index contributed by atoms with van der Waals surface area (Å²) in [6.07, 6.45) is 2.00. The lowest BCUT2D eigenvalue weighted by atomic mass is 10.2. The molecule has 0 N–H and O–H groups in total. The van der Waals surface area contributed by atoms with Gasteiger partial charge in [-0.25, -0.2) is 0 Å². The van der Waals surface area contributed by atoms with Crippen LogP contribution in [0.1, 0.15) is 5.56 Å². The van der Waals surface area contributed by atoms with Gasteiger partial charge in [-0.15, -0.1) is 24.2 Å². The van der Waals surface area contributed by atoms with Crippen molar-refractivity contribution in [2.45, 2.75) is 4.90 Å². The van der Waals surface area contributed by atoms with E-state index in [9.17, 15) is 0 Å². The van der Waals surface area contributed by atoms with E-state index >= 15 is 0 Å². The molecule has 0 unspecified atom stereocenters. The number of hydrogen-bond acceptors (Lipinski definition) is 2. The smallest absolute Gasteiger partial charge is 0.0992 e. The van der Waals surface area contributed by atoms with Gasteiger partial charge >= 0.3 is 0 Å². The fraction of sp³-hybridized carbons (Fsp3) is 0.125. The van der Waals surface area contributed by atoms with Gasteiger partial charge in [0.2, 0.25) is 0 Å². The van der Waals surface area contributed by atoms with Crippen molar-refractivity contribution in [1.82, 2.24) is 0 Å². The molecule has 0 spiro atoms. The summed E-state index contributed by atoms with van der Waals surface area (Å²) < 4.78 is 0. The molecule has 1 aromatic carbocycles. The van der Waals surface area contributed by atoms with Crippen molar-refractivity contribution in [3.63, 3.8) is 0 Å². The molecule has 0 heterocycles. The first-order valence-electron chi connectivity index (χ1n) is 2.91. The van der Waals surface area contributed by atoms with Crippen LogP contribution in [0, 0.1) is 11.3 Å². The average Bonchev–Trinajstić information content (AvgIpc) is 2.05. The molecule has 0 atom stereocenters. The predicted molar refractivity (Wildman–Crippen MR) is 50.2 cm³/mol. The van der Waals surface area contributed by atoms with E-state index in [4.69, 9.17) is 5.26 Å². The van der Waals surface area contributed by atoms with E-state index in [0.29, 0.717) is 0 Å². The molecule has 0 radical (unpaired) electrons. The van der Waals surface area contributed by atoms with E-state index in [1.165, 1.54) is 0 Å². The molecule has 1 nitrogen and oxygen atoms in total. The van der Waals surface area contributed by atoms with Crippen molar-refractivity contribution in [3.05, 3.63) is 29.8 Å². The number of rotatable bonds is 1. The highest BCUT2D eigenvalue weighted by Gasteiger charge is 1.90. The van der Waals surface area contributed by atoms with Gasteiger partial charge in [0, 0.05) is 4.90 Å². The number of thioether (sulfide) groups is 1. The molecule has 0 aliphatic carbocycles. The number of benzene rings is 1. The molecule has 0 saturated carbocycles. The minimum atomic E-state index is 0. The van der Waals surface area contributed by atoms with E-state index in [-0.39, 0.29) is 12.4 Å². The van der Waals surface area contributed by atoms with E-state index in [1.807, 2.05) is 24.5 Å². The van der Waals surface area contributed by atoms with Crippen LogP contribution in [0.25, 0.3) is 0 Å². The Bertz CT molecular complexity index is 267. The van der Waals surface area contributed by atoms with Crippen molar-refractivity contribution in [2.24, 2.45) is 0 Å². The number of nitrogens with zero attached hydrogens (tertiary/aromatic N) is 1. The normalized spacial score (nSPS) is 8.00. The molecule has 1 aromatic rings. The van der Waals surface area contributed by atoms with Crippen LogP contribution in [0.3, 0.4) is 0 Å². The molecule has 0 aliphatic heterocycles. The molecule has 1 rings (SSSR count). The van der Waals surface area contributed by atoms with Crippen molar-refractivity contribution in [3.8, 4) is 6.07 Å². The molecule has 0 saturated heterocycles. The Labute approximate surface area is 76.8 Å². The second kappa shape index (κ2) is 5.06. The van der Waals surface area contributed by atoms with Crippen LogP contribution in [0.5, 0.6) is 0 Å². The first kappa shape index (κ1) is 10.3. The highest BCUT2D eigenvalue weighted by molar-refractivity contribution is 7.98. The lowest BCUT2D eigenvalue weighted by molar-refractivity contribution is 1.41. The molecule has 0 amide bonds. The summed E-state index contributed by atoms with van der Waals surface area (Å²) in [7, 11) is 0. The van der Waals surface area contributed by atoms with Crippen molar-refractivity contribution in [2.75, 3.05) is 6.26 Å². The first-order chi connectivity index (χ1) is 4.86. The van der Waals surface area contributed by atoms with Crippen molar-refractivity contribution >= 4 is 24.2 Å². The van der Waals surface area contributed by atoms with Crippen molar-refractivity contribution in [1.29, 1.82) is 5.26 Å². The Morgan fingerprint density at radius 1 is 1.45 bits per heavy atom. The summed E-state index contributed by atoms with van der Waals surface area (Å²) in [6.45, 7) is 0. The SMILES string of the molecule is CSc1cccc(C#N)c1.Cl. The van der Waals surface area contributed by atoms with E-state index in [0.717, 1.165) is 10.5 Å². The number of hydrogen-bond donors (Lipinski definition) is 0. The topological polar surface area (TPSA) is 23.8 Å². The fourth-order valence-corrected chi connectivity index (χ4v) is 1.15. The van der Waals surface area contributed by atoms with Crippen molar-refractivity contribution < 1.29 is 0 Å². The Balaban J connectivity index is 0.000001000. The average molecular weight is 186 g/mol. The maximum atomic E-state index is 8.50. The third-order valence-electron chi connectivity index (χ3n) is 1.20. The summed E-state index contributed by atoms with van der Waals surface area (Å²) >= 11 is 1.65. The molecule has 0 fully saturated rings. The molecule has 0 aliphatic rings. The molecule has 0 bridgehead atoms. The van der Waals surface area contributed by atoms with E-state index in [1.54, 1.807) is 17.8 Å². The molecular formula is C8H8ClNS. The maximum Gasteiger partial charge on any atom is 0.0992 e. The molecule has 0 aromatic heterocycles. The maximum absolute atomic E-state index is 8.50. The van der Waals surface area contributed by atoms with E-state index in [2.05, 4.69) is 6.07 Å². The third kappa shape index (κ3) is 2.83. The number of nitriles is 1. The van der Waals surface area contributed by atoms with Crippen LogP contribution < -0.4 is 0 Å². The monoisotopic (exact) mass is 185 g/mol. The van der Waals surface area contributed by atoms with Gasteiger partial charge in [-0.2, -0.15) is 5.26 Å². The summed E-state index contributed by atoms with van der Waals surface area (Å²) in [6, 6.07) is 9.66. The molecule has 11 heavy (non-hydrogen) atoms. The highest BCUT2D eigenvalue weighted by Crippen LogP contribution is 2.14. The van der Waals surface area contributed by atoms with Crippen LogP contribution >= 0.6 is 24.2 Å². The van der Waals surface area contributed by atoms with Gasteiger partial charge in [0.25, 0.3) is 0 Å². The van der Waals surface area contributed by atoms with Crippen LogP contribution in [-0.2, 0) is 0 Å². The Morgan fingerprint density at radius 3 is 2.73 bits per heavy atom. The largest absolute Gasteiger partial charge is 0.192 e. The zero-order valence-electron chi connectivity index (χ0n) is 6.07. The van der Waals surface area contributed by atoms with Crippen LogP contribution in [0.15, 0.2) is 29.2 Å². The van der Waals surface area contributed by atoms with Crippen LogP contribution in [-0.4, -0.2) is 6.26 Å². The second-order valence-corrected chi connectivity index (χ2v) is 2.72. The molecule has 58 valence electrons. The quantitative estimate of drug-likeness (QED) is 0.629. The summed E-state index contributed by atoms with van der Waals surface area (Å²) in [5.74, 6) is 0. The Morgan fingerprint density at radius 2 is 2.18 bits per heavy atom. The Kier molecular flexibility index (Phi) is 4.76. The molecule has 3 heteroatoms. The van der Waals surface area contributed by atoms with Crippen LogP contribution in [0.2, 0.25) is 0 Å².